The van der Waals surface area contributed by atoms with Crippen molar-refractivity contribution in [1.29, 1.82) is 0 Å². The van der Waals surface area contributed by atoms with E-state index in [2.05, 4.69) is 10.3 Å². The lowest BCUT2D eigenvalue weighted by Gasteiger charge is -2.14. The molecule has 4 heteroatoms. The molecule has 1 heterocycles. The molecular formula is C8H10F2N2. The summed E-state index contributed by atoms with van der Waals surface area (Å²) in [6.07, 6.45) is 0.592. The van der Waals surface area contributed by atoms with Crippen LogP contribution >= 0.6 is 0 Å². The van der Waals surface area contributed by atoms with Gasteiger partial charge in [-0.25, -0.2) is 8.78 Å². The maximum absolute atomic E-state index is 12.3. The molecule has 1 aromatic heterocycles. The van der Waals surface area contributed by atoms with Gasteiger partial charge in [0.05, 0.1) is 6.04 Å². The molecule has 0 saturated heterocycles. The highest BCUT2D eigenvalue weighted by molar-refractivity contribution is 5.14. The fraction of sp³-hybridized carbons (Fsp3) is 0.375. The van der Waals surface area contributed by atoms with Crippen LogP contribution in [-0.4, -0.2) is 18.5 Å². The third-order valence-electron chi connectivity index (χ3n) is 1.61. The van der Waals surface area contributed by atoms with Crippen molar-refractivity contribution in [3.05, 3.63) is 30.1 Å². The van der Waals surface area contributed by atoms with Crippen LogP contribution in [0, 0.1) is 0 Å². The van der Waals surface area contributed by atoms with Gasteiger partial charge >= 0.3 is 0 Å². The summed E-state index contributed by atoms with van der Waals surface area (Å²) in [5, 5.41) is 2.53. The summed E-state index contributed by atoms with van der Waals surface area (Å²) in [6.45, 7) is 0. The maximum Gasteiger partial charge on any atom is 0.257 e. The fourth-order valence-electron chi connectivity index (χ4n) is 0.998. The van der Waals surface area contributed by atoms with Crippen molar-refractivity contribution >= 4 is 0 Å². The van der Waals surface area contributed by atoms with Gasteiger partial charge < -0.3 is 5.32 Å². The molecule has 0 radical (unpaired) electrons. The Bertz CT molecular complexity index is 226. The first kappa shape index (κ1) is 9.06. The minimum atomic E-state index is -2.40. The number of alkyl halides is 2. The number of halogens is 2. The smallest absolute Gasteiger partial charge is 0.257 e. The summed E-state index contributed by atoms with van der Waals surface area (Å²) in [6, 6.07) is 2.35. The molecule has 0 saturated carbocycles. The highest BCUT2D eigenvalue weighted by atomic mass is 19.3. The van der Waals surface area contributed by atoms with Crippen molar-refractivity contribution in [2.24, 2.45) is 0 Å². The summed E-state index contributed by atoms with van der Waals surface area (Å²) in [5.41, 5.74) is 0.509. The van der Waals surface area contributed by atoms with Crippen molar-refractivity contribution in [2.45, 2.75) is 12.5 Å². The Morgan fingerprint density at radius 1 is 1.50 bits per heavy atom. The lowest BCUT2D eigenvalue weighted by atomic mass is 10.1. The Morgan fingerprint density at radius 2 is 2.25 bits per heavy atom. The van der Waals surface area contributed by atoms with Gasteiger partial charge in [-0.15, -0.1) is 0 Å². The van der Waals surface area contributed by atoms with Crippen molar-refractivity contribution in [3.8, 4) is 0 Å². The van der Waals surface area contributed by atoms with E-state index in [0.29, 0.717) is 5.56 Å². The molecule has 0 aromatic carbocycles. The zero-order chi connectivity index (χ0) is 8.97. The predicted molar refractivity (Wildman–Crippen MR) is 42.0 cm³/mol. The molecule has 1 rings (SSSR count). The first-order valence-electron chi connectivity index (χ1n) is 3.61. The van der Waals surface area contributed by atoms with Crippen LogP contribution in [0.15, 0.2) is 24.5 Å². The summed E-state index contributed by atoms with van der Waals surface area (Å²) in [5.74, 6) is 0. The van der Waals surface area contributed by atoms with E-state index in [1.54, 1.807) is 18.3 Å². The van der Waals surface area contributed by atoms with Crippen LogP contribution < -0.4 is 5.32 Å². The van der Waals surface area contributed by atoms with E-state index >= 15 is 0 Å². The van der Waals surface area contributed by atoms with Crippen molar-refractivity contribution in [1.82, 2.24) is 10.3 Å². The van der Waals surface area contributed by atoms with Gasteiger partial charge in [0.1, 0.15) is 0 Å². The van der Waals surface area contributed by atoms with Crippen LogP contribution in [0.3, 0.4) is 0 Å². The molecule has 0 spiro atoms. The molecule has 2 nitrogen and oxygen atoms in total. The van der Waals surface area contributed by atoms with Crippen LogP contribution in [0.2, 0.25) is 0 Å². The standard InChI is InChI=1S/C8H10F2N2/c1-11-7(8(9)10)6-3-2-4-12-5-6/h2-5,7-8,11H,1H3. The van der Waals surface area contributed by atoms with Crippen LogP contribution in [0.4, 0.5) is 8.78 Å². The predicted octanol–water partition coefficient (Wildman–Crippen LogP) is 1.61. The van der Waals surface area contributed by atoms with Crippen molar-refractivity contribution in [2.75, 3.05) is 7.05 Å². The summed E-state index contributed by atoms with van der Waals surface area (Å²) < 4.78 is 24.6. The van der Waals surface area contributed by atoms with Gasteiger partial charge in [0.2, 0.25) is 0 Å². The zero-order valence-corrected chi connectivity index (χ0v) is 6.67. The Kier molecular flexibility index (Phi) is 3.10. The minimum Gasteiger partial charge on any atom is -0.308 e. The van der Waals surface area contributed by atoms with Crippen molar-refractivity contribution in [3.63, 3.8) is 0 Å². The number of hydrogen-bond acceptors (Lipinski definition) is 2. The Morgan fingerprint density at radius 3 is 2.67 bits per heavy atom. The van der Waals surface area contributed by atoms with Gasteiger partial charge in [0.25, 0.3) is 6.43 Å². The molecule has 0 bridgehead atoms. The number of hydrogen-bond donors (Lipinski definition) is 1. The van der Waals surface area contributed by atoms with Gasteiger partial charge in [-0.1, -0.05) is 6.07 Å². The highest BCUT2D eigenvalue weighted by Crippen LogP contribution is 2.18. The third-order valence-corrected chi connectivity index (χ3v) is 1.61. The van der Waals surface area contributed by atoms with E-state index < -0.39 is 12.5 Å². The number of rotatable bonds is 3. The van der Waals surface area contributed by atoms with Crippen molar-refractivity contribution < 1.29 is 8.78 Å². The number of nitrogens with one attached hydrogen (secondary N) is 1. The number of nitrogens with zero attached hydrogens (tertiary/aromatic N) is 1. The molecule has 1 unspecified atom stereocenters. The maximum atomic E-state index is 12.3. The summed E-state index contributed by atoms with van der Waals surface area (Å²) >= 11 is 0. The Hall–Kier alpha value is -1.03. The molecule has 1 N–H and O–H groups in total. The third kappa shape index (κ3) is 1.98. The number of pyridine rings is 1. The van der Waals surface area contributed by atoms with Gasteiger partial charge in [0.15, 0.2) is 0 Å². The quantitative estimate of drug-likeness (QED) is 0.749. The van der Waals surface area contributed by atoms with E-state index in [-0.39, 0.29) is 0 Å². The monoisotopic (exact) mass is 172 g/mol. The zero-order valence-electron chi connectivity index (χ0n) is 6.67. The second-order valence-corrected chi connectivity index (χ2v) is 2.39. The molecule has 1 aromatic rings. The highest BCUT2D eigenvalue weighted by Gasteiger charge is 2.19. The van der Waals surface area contributed by atoms with Gasteiger partial charge in [0, 0.05) is 12.4 Å². The second-order valence-electron chi connectivity index (χ2n) is 2.39. The minimum absolute atomic E-state index is 0.509. The summed E-state index contributed by atoms with van der Waals surface area (Å²) in [4.78, 5) is 3.76. The lowest BCUT2D eigenvalue weighted by molar-refractivity contribution is 0.102. The first-order chi connectivity index (χ1) is 5.75. The molecule has 0 amide bonds. The SMILES string of the molecule is CNC(c1cccnc1)C(F)F. The van der Waals surface area contributed by atoms with E-state index in [9.17, 15) is 8.78 Å². The largest absolute Gasteiger partial charge is 0.308 e. The normalized spacial score (nSPS) is 13.3. The average molecular weight is 172 g/mol. The van der Waals surface area contributed by atoms with E-state index in [4.69, 9.17) is 0 Å². The molecule has 0 fully saturated rings. The molecule has 0 aliphatic heterocycles. The Balaban J connectivity index is 2.80. The van der Waals surface area contributed by atoms with Crippen LogP contribution in [-0.2, 0) is 0 Å². The molecule has 66 valence electrons. The van der Waals surface area contributed by atoms with E-state index in [0.717, 1.165) is 0 Å². The lowest BCUT2D eigenvalue weighted by Crippen LogP contribution is -2.23. The van der Waals surface area contributed by atoms with Gasteiger partial charge in [-0.2, -0.15) is 0 Å². The average Bonchev–Trinajstić information content (AvgIpc) is 2.07. The molecule has 12 heavy (non-hydrogen) atoms. The molecule has 0 aliphatic carbocycles. The fourth-order valence-corrected chi connectivity index (χ4v) is 0.998. The molecule has 1 atom stereocenters. The van der Waals surface area contributed by atoms with Gasteiger partial charge in [-0.3, -0.25) is 4.98 Å². The van der Waals surface area contributed by atoms with Crippen LogP contribution in [0.25, 0.3) is 0 Å². The topological polar surface area (TPSA) is 24.9 Å². The van der Waals surface area contributed by atoms with Crippen LogP contribution in [0.1, 0.15) is 11.6 Å². The van der Waals surface area contributed by atoms with E-state index in [1.807, 2.05) is 0 Å². The van der Waals surface area contributed by atoms with Gasteiger partial charge in [-0.05, 0) is 18.7 Å². The van der Waals surface area contributed by atoms with Crippen LogP contribution in [0.5, 0.6) is 0 Å². The van der Waals surface area contributed by atoms with E-state index in [1.165, 1.54) is 13.2 Å². The first-order valence-corrected chi connectivity index (χ1v) is 3.61. The number of aromatic nitrogens is 1. The molecule has 0 aliphatic rings. The summed E-state index contributed by atoms with van der Waals surface area (Å²) in [7, 11) is 1.50. The second kappa shape index (κ2) is 4.11. The molecular weight excluding hydrogens is 162 g/mol. The Labute approximate surface area is 69.6 Å².